The molecule has 1 aromatic carbocycles. The van der Waals surface area contributed by atoms with Crippen LogP contribution in [0.5, 0.6) is 0 Å². The number of aromatic nitrogens is 1. The van der Waals surface area contributed by atoms with E-state index in [9.17, 15) is 30.7 Å². The van der Waals surface area contributed by atoms with Crippen molar-refractivity contribution in [1.82, 2.24) is 4.98 Å². The van der Waals surface area contributed by atoms with E-state index in [-0.39, 0.29) is 5.56 Å². The van der Waals surface area contributed by atoms with Gasteiger partial charge in [0.25, 0.3) is 0 Å². The summed E-state index contributed by atoms with van der Waals surface area (Å²) in [4.78, 5) is 2.78. The van der Waals surface area contributed by atoms with E-state index in [1.165, 1.54) is 0 Å². The quantitative estimate of drug-likeness (QED) is 0.538. The normalized spacial score (nSPS) is 12.5. The number of halogens is 7. The summed E-state index contributed by atoms with van der Waals surface area (Å²) in [6, 6.07) is 4.60. The molecule has 0 saturated carbocycles. The molecule has 2 aromatic rings. The molecule has 112 valence electrons. The minimum atomic E-state index is -4.92. The molecule has 0 atom stereocenters. The highest BCUT2D eigenvalue weighted by Gasteiger charge is 2.36. The smallest absolute Gasteiger partial charge is 0.215 e. The molecule has 0 bridgehead atoms. The predicted molar refractivity (Wildman–Crippen MR) is 59.6 cm³/mol. The molecule has 1 nitrogen and oxygen atoms in total. The van der Waals surface area contributed by atoms with Gasteiger partial charge in [0.05, 0.1) is 5.56 Å². The maximum atomic E-state index is 12.9. The molecule has 0 radical (unpaired) electrons. The summed E-state index contributed by atoms with van der Waals surface area (Å²) >= 11 is 0. The molecule has 1 heterocycles. The molecule has 0 N–H and O–H groups in total. The second kappa shape index (κ2) is 5.01. The third-order valence-electron chi connectivity index (χ3n) is 2.65. The van der Waals surface area contributed by atoms with E-state index in [0.717, 1.165) is 18.2 Å². The van der Waals surface area contributed by atoms with Gasteiger partial charge in [-0.3, -0.25) is 0 Å². The molecule has 0 saturated heterocycles. The molecule has 0 spiro atoms. The molecule has 0 amide bonds. The number of hydrogen-bond acceptors (Lipinski definition) is 1. The van der Waals surface area contributed by atoms with E-state index in [1.807, 2.05) is 0 Å². The van der Waals surface area contributed by atoms with Crippen LogP contribution in [0.3, 0.4) is 0 Å². The Morgan fingerprint density at radius 3 is 1.76 bits per heavy atom. The lowest BCUT2D eigenvalue weighted by molar-refractivity contribution is -0.141. The molecule has 21 heavy (non-hydrogen) atoms. The van der Waals surface area contributed by atoms with Crippen molar-refractivity contribution >= 4 is 0 Å². The second-order valence-corrected chi connectivity index (χ2v) is 4.10. The van der Waals surface area contributed by atoms with Crippen molar-refractivity contribution in [2.75, 3.05) is 0 Å². The van der Waals surface area contributed by atoms with Gasteiger partial charge in [0.2, 0.25) is 5.95 Å². The van der Waals surface area contributed by atoms with Crippen molar-refractivity contribution in [1.29, 1.82) is 0 Å². The van der Waals surface area contributed by atoms with Gasteiger partial charge in [-0.15, -0.1) is 0 Å². The summed E-state index contributed by atoms with van der Waals surface area (Å²) < 4.78 is 88.4. The summed E-state index contributed by atoms with van der Waals surface area (Å²) in [5, 5.41) is 0. The first-order valence-electron chi connectivity index (χ1n) is 5.50. The first-order valence-corrected chi connectivity index (χ1v) is 5.50. The monoisotopic (exact) mass is 309 g/mol. The Morgan fingerprint density at radius 2 is 1.29 bits per heavy atom. The van der Waals surface area contributed by atoms with Crippen molar-refractivity contribution in [2.24, 2.45) is 0 Å². The van der Waals surface area contributed by atoms with Gasteiger partial charge in [-0.2, -0.15) is 30.7 Å². The Bertz CT molecular complexity index is 641. The van der Waals surface area contributed by atoms with Crippen molar-refractivity contribution in [3.05, 3.63) is 53.6 Å². The second-order valence-electron chi connectivity index (χ2n) is 4.10. The molecule has 0 unspecified atom stereocenters. The van der Waals surface area contributed by atoms with Crippen LogP contribution in [0.4, 0.5) is 30.7 Å². The van der Waals surface area contributed by atoms with Crippen molar-refractivity contribution in [2.45, 2.75) is 12.4 Å². The Kier molecular flexibility index (Phi) is 3.65. The number of nitrogens with zero attached hydrogens (tertiary/aromatic N) is 1. The number of pyridine rings is 1. The zero-order valence-corrected chi connectivity index (χ0v) is 10.1. The molecular weight excluding hydrogens is 303 g/mol. The third kappa shape index (κ3) is 3.32. The lowest BCUT2D eigenvalue weighted by atomic mass is 10.0. The van der Waals surface area contributed by atoms with Gasteiger partial charge in [-0.05, 0) is 29.8 Å². The molecule has 0 aliphatic heterocycles. The molecule has 0 fully saturated rings. The molecular formula is C13H6F7N. The van der Waals surface area contributed by atoms with Gasteiger partial charge in [-0.25, -0.2) is 4.98 Å². The van der Waals surface area contributed by atoms with Crippen LogP contribution in [0.1, 0.15) is 11.3 Å². The van der Waals surface area contributed by atoms with Crippen LogP contribution in [0.2, 0.25) is 0 Å². The molecule has 0 aliphatic rings. The van der Waals surface area contributed by atoms with Crippen LogP contribution in [0, 0.1) is 5.95 Å². The average molecular weight is 309 g/mol. The Hall–Kier alpha value is -2.12. The van der Waals surface area contributed by atoms with E-state index < -0.39 is 35.1 Å². The maximum Gasteiger partial charge on any atom is 0.434 e. The highest BCUT2D eigenvalue weighted by atomic mass is 19.4. The largest absolute Gasteiger partial charge is 0.434 e. The number of hydrogen-bond donors (Lipinski definition) is 0. The number of alkyl halides is 6. The lowest BCUT2D eigenvalue weighted by Gasteiger charge is -2.13. The van der Waals surface area contributed by atoms with Gasteiger partial charge >= 0.3 is 12.4 Å². The van der Waals surface area contributed by atoms with Crippen LogP contribution >= 0.6 is 0 Å². The van der Waals surface area contributed by atoms with Crippen LogP contribution in [-0.4, -0.2) is 4.98 Å². The summed E-state index contributed by atoms with van der Waals surface area (Å²) in [6.45, 7) is 0. The highest BCUT2D eigenvalue weighted by molar-refractivity contribution is 5.66. The van der Waals surface area contributed by atoms with Gasteiger partial charge in [0, 0.05) is 5.56 Å². The maximum absolute atomic E-state index is 12.9. The molecule has 8 heteroatoms. The Labute approximate surface area is 114 Å². The Morgan fingerprint density at radius 1 is 0.714 bits per heavy atom. The average Bonchev–Trinajstić information content (AvgIpc) is 2.37. The highest BCUT2D eigenvalue weighted by Crippen LogP contribution is 2.37. The predicted octanol–water partition coefficient (Wildman–Crippen LogP) is 4.93. The fourth-order valence-corrected chi connectivity index (χ4v) is 1.72. The topological polar surface area (TPSA) is 12.9 Å². The minimum absolute atomic E-state index is 0.136. The van der Waals surface area contributed by atoms with E-state index in [1.54, 1.807) is 0 Å². The lowest BCUT2D eigenvalue weighted by Crippen LogP contribution is -2.11. The number of benzene rings is 1. The minimum Gasteiger partial charge on any atom is -0.215 e. The van der Waals surface area contributed by atoms with E-state index in [2.05, 4.69) is 4.98 Å². The van der Waals surface area contributed by atoms with E-state index in [4.69, 9.17) is 0 Å². The third-order valence-corrected chi connectivity index (χ3v) is 2.65. The van der Waals surface area contributed by atoms with Gasteiger partial charge in [0.15, 0.2) is 5.69 Å². The Balaban J connectivity index is 2.52. The van der Waals surface area contributed by atoms with Gasteiger partial charge in [0.1, 0.15) is 0 Å². The molecule has 0 aliphatic carbocycles. The summed E-state index contributed by atoms with van der Waals surface area (Å²) in [5.41, 5.74) is -3.10. The fraction of sp³-hybridized carbons (Fsp3) is 0.154. The SMILES string of the molecule is Fc1ccc(-c2ccc(C(F)(F)F)cc2)c(C(F)(F)F)n1. The fourth-order valence-electron chi connectivity index (χ4n) is 1.72. The zero-order chi connectivity index (χ0) is 15.8. The van der Waals surface area contributed by atoms with Crippen molar-refractivity contribution in [3.8, 4) is 11.1 Å². The summed E-state index contributed by atoms with van der Waals surface area (Å²) in [5.74, 6) is -1.32. The first kappa shape index (κ1) is 15.3. The standard InChI is InChI=1S/C13H6F7N/c14-10-6-5-9(11(21-10)13(18,19)20)7-1-3-8(4-2-7)12(15,16)17/h1-6H. The van der Waals surface area contributed by atoms with Crippen LogP contribution in [-0.2, 0) is 12.4 Å². The summed E-state index contributed by atoms with van der Waals surface area (Å²) in [6.07, 6.45) is -9.51. The molecule has 1 aromatic heterocycles. The van der Waals surface area contributed by atoms with Crippen LogP contribution < -0.4 is 0 Å². The van der Waals surface area contributed by atoms with Crippen LogP contribution in [0.15, 0.2) is 36.4 Å². The summed E-state index contributed by atoms with van der Waals surface area (Å²) in [7, 11) is 0. The van der Waals surface area contributed by atoms with Crippen molar-refractivity contribution < 1.29 is 30.7 Å². The number of rotatable bonds is 1. The zero-order valence-electron chi connectivity index (χ0n) is 10.1. The first-order chi connectivity index (χ1) is 9.59. The van der Waals surface area contributed by atoms with Crippen LogP contribution in [0.25, 0.3) is 11.1 Å². The molecule has 2 rings (SSSR count). The van der Waals surface area contributed by atoms with Crippen molar-refractivity contribution in [3.63, 3.8) is 0 Å². The van der Waals surface area contributed by atoms with Gasteiger partial charge < -0.3 is 0 Å². The van der Waals surface area contributed by atoms with E-state index >= 15 is 0 Å². The van der Waals surface area contributed by atoms with Gasteiger partial charge in [-0.1, -0.05) is 12.1 Å². The van der Waals surface area contributed by atoms with E-state index in [0.29, 0.717) is 18.2 Å².